The summed E-state index contributed by atoms with van der Waals surface area (Å²) in [5, 5.41) is 7.80. The van der Waals surface area contributed by atoms with Gasteiger partial charge < -0.3 is 5.32 Å². The smallest absolute Gasteiger partial charge is 0.320 e. The van der Waals surface area contributed by atoms with Crippen LogP contribution in [0.15, 0.2) is 72.8 Å². The molecule has 0 radical (unpaired) electrons. The van der Waals surface area contributed by atoms with Crippen LogP contribution in [0.1, 0.15) is 24.1 Å². The Morgan fingerprint density at radius 2 is 1.58 bits per heavy atom. The molecule has 0 saturated carbocycles. The van der Waals surface area contributed by atoms with Gasteiger partial charge in [-0.2, -0.15) is 0 Å². The van der Waals surface area contributed by atoms with Crippen molar-refractivity contribution in [3.8, 4) is 0 Å². The Balaban J connectivity index is 1.71. The Hall–Kier alpha value is -2.72. The fourth-order valence-corrected chi connectivity index (χ4v) is 2.92. The van der Waals surface area contributed by atoms with Crippen LogP contribution in [0.3, 0.4) is 0 Å². The molecule has 3 nitrogen and oxygen atoms in total. The van der Waals surface area contributed by atoms with Crippen molar-refractivity contribution < 1.29 is 4.79 Å². The quantitative estimate of drug-likeness (QED) is 0.689. The van der Waals surface area contributed by atoms with Crippen molar-refractivity contribution in [1.29, 1.82) is 0 Å². The number of rotatable bonds is 3. The van der Waals surface area contributed by atoms with Crippen LogP contribution < -0.4 is 10.6 Å². The van der Waals surface area contributed by atoms with Gasteiger partial charge in [0.2, 0.25) is 0 Å². The highest BCUT2D eigenvalue weighted by atomic mass is 32.1. The number of fused-ring (bicyclic) bond motifs is 1. The number of thiocarbonyl (C=S) groups is 1. The number of nitrogens with one attached hydrogen (secondary N) is 2. The van der Waals surface area contributed by atoms with Crippen molar-refractivity contribution >= 4 is 34.0 Å². The standard InChI is InChI=1S/C20H18N2OS/c1-14(15-8-3-2-4-9-15)21-20(23)22-19(24)18-13-7-11-16-10-5-6-12-17(16)18/h2-14H,1H3,(H2,21,22,23,24)/t14-/m0/s1. The number of amides is 2. The lowest BCUT2D eigenvalue weighted by atomic mass is 10.0. The summed E-state index contributed by atoms with van der Waals surface area (Å²) in [7, 11) is 0. The molecule has 0 heterocycles. The molecular weight excluding hydrogens is 316 g/mol. The lowest BCUT2D eigenvalue weighted by Gasteiger charge is -2.16. The largest absolute Gasteiger partial charge is 0.331 e. The minimum atomic E-state index is -0.302. The van der Waals surface area contributed by atoms with Crippen molar-refractivity contribution in [2.24, 2.45) is 0 Å². The van der Waals surface area contributed by atoms with Crippen LogP contribution >= 0.6 is 12.2 Å². The van der Waals surface area contributed by atoms with Gasteiger partial charge in [0, 0.05) is 5.56 Å². The zero-order valence-electron chi connectivity index (χ0n) is 13.3. The molecule has 2 amide bonds. The Morgan fingerprint density at radius 3 is 2.38 bits per heavy atom. The van der Waals surface area contributed by atoms with Gasteiger partial charge in [0.25, 0.3) is 0 Å². The summed E-state index contributed by atoms with van der Waals surface area (Å²) >= 11 is 5.42. The molecule has 0 aromatic heterocycles. The molecule has 0 bridgehead atoms. The molecule has 3 aromatic rings. The van der Waals surface area contributed by atoms with E-state index >= 15 is 0 Å². The third-order valence-corrected chi connectivity index (χ3v) is 4.23. The van der Waals surface area contributed by atoms with Gasteiger partial charge in [-0.15, -0.1) is 0 Å². The first kappa shape index (κ1) is 16.1. The Bertz CT molecular complexity index is 872. The molecular formula is C20H18N2OS. The van der Waals surface area contributed by atoms with E-state index < -0.39 is 0 Å². The molecule has 24 heavy (non-hydrogen) atoms. The first-order valence-electron chi connectivity index (χ1n) is 7.79. The topological polar surface area (TPSA) is 41.1 Å². The highest BCUT2D eigenvalue weighted by Crippen LogP contribution is 2.19. The van der Waals surface area contributed by atoms with Crippen LogP contribution in [0, 0.1) is 0 Å². The maximum absolute atomic E-state index is 12.2. The molecule has 3 aromatic carbocycles. The SMILES string of the molecule is C[C@H](NC(=O)NC(=S)c1cccc2ccccc12)c1ccccc1. The highest BCUT2D eigenvalue weighted by molar-refractivity contribution is 7.80. The monoisotopic (exact) mass is 334 g/mol. The van der Waals surface area contributed by atoms with E-state index in [2.05, 4.69) is 10.6 Å². The zero-order valence-corrected chi connectivity index (χ0v) is 14.1. The van der Waals surface area contributed by atoms with Crippen molar-refractivity contribution in [3.63, 3.8) is 0 Å². The summed E-state index contributed by atoms with van der Waals surface area (Å²) in [5.74, 6) is 0. The van der Waals surface area contributed by atoms with Crippen molar-refractivity contribution in [3.05, 3.63) is 83.9 Å². The van der Waals surface area contributed by atoms with Gasteiger partial charge in [-0.05, 0) is 23.3 Å². The van der Waals surface area contributed by atoms with E-state index in [1.165, 1.54) is 0 Å². The predicted octanol–water partition coefficient (Wildman–Crippen LogP) is 4.58. The van der Waals surface area contributed by atoms with Gasteiger partial charge in [-0.1, -0.05) is 85.0 Å². The normalized spacial score (nSPS) is 11.7. The highest BCUT2D eigenvalue weighted by Gasteiger charge is 2.12. The maximum Gasteiger partial charge on any atom is 0.320 e. The van der Waals surface area contributed by atoms with E-state index in [0.29, 0.717) is 4.99 Å². The number of carbonyl (C=O) groups is 1. The predicted molar refractivity (Wildman–Crippen MR) is 102 cm³/mol. The number of urea groups is 1. The fourth-order valence-electron chi connectivity index (χ4n) is 2.65. The third-order valence-electron chi connectivity index (χ3n) is 3.91. The maximum atomic E-state index is 12.2. The minimum Gasteiger partial charge on any atom is -0.331 e. The molecule has 0 spiro atoms. The van der Waals surface area contributed by atoms with E-state index in [4.69, 9.17) is 12.2 Å². The summed E-state index contributed by atoms with van der Waals surface area (Å²) in [6.07, 6.45) is 0. The minimum absolute atomic E-state index is 0.0958. The molecule has 4 heteroatoms. The molecule has 0 unspecified atom stereocenters. The number of carbonyl (C=O) groups excluding carboxylic acids is 1. The second-order valence-electron chi connectivity index (χ2n) is 5.59. The molecule has 2 N–H and O–H groups in total. The molecule has 1 atom stereocenters. The molecule has 0 saturated heterocycles. The molecule has 0 aliphatic rings. The second-order valence-corrected chi connectivity index (χ2v) is 5.99. The average Bonchev–Trinajstić information content (AvgIpc) is 2.61. The lowest BCUT2D eigenvalue weighted by molar-refractivity contribution is 0.242. The first-order chi connectivity index (χ1) is 11.6. The summed E-state index contributed by atoms with van der Waals surface area (Å²) in [6, 6.07) is 23.3. The van der Waals surface area contributed by atoms with E-state index in [-0.39, 0.29) is 12.1 Å². The third kappa shape index (κ3) is 3.60. The van der Waals surface area contributed by atoms with Gasteiger partial charge in [0.15, 0.2) is 0 Å². The Labute approximate surface area is 146 Å². The van der Waals surface area contributed by atoms with E-state index in [1.807, 2.05) is 79.7 Å². The van der Waals surface area contributed by atoms with Gasteiger partial charge in [-0.3, -0.25) is 5.32 Å². The fraction of sp³-hybridized carbons (Fsp3) is 0.100. The van der Waals surface area contributed by atoms with Crippen LogP contribution in [-0.2, 0) is 0 Å². The van der Waals surface area contributed by atoms with Crippen LogP contribution in [0.5, 0.6) is 0 Å². The van der Waals surface area contributed by atoms with Crippen molar-refractivity contribution in [1.82, 2.24) is 10.6 Å². The van der Waals surface area contributed by atoms with Crippen molar-refractivity contribution in [2.45, 2.75) is 13.0 Å². The second kappa shape index (κ2) is 7.23. The molecule has 3 rings (SSSR count). The zero-order chi connectivity index (χ0) is 16.9. The van der Waals surface area contributed by atoms with Gasteiger partial charge in [0.05, 0.1) is 6.04 Å². The van der Waals surface area contributed by atoms with Gasteiger partial charge in [-0.25, -0.2) is 4.79 Å². The van der Waals surface area contributed by atoms with E-state index in [1.54, 1.807) is 0 Å². The summed E-state index contributed by atoms with van der Waals surface area (Å²) in [6.45, 7) is 1.94. The number of hydrogen-bond donors (Lipinski definition) is 2. The van der Waals surface area contributed by atoms with Crippen molar-refractivity contribution in [2.75, 3.05) is 0 Å². The number of benzene rings is 3. The summed E-state index contributed by atoms with van der Waals surface area (Å²) in [5.41, 5.74) is 1.90. The van der Waals surface area contributed by atoms with Gasteiger partial charge >= 0.3 is 6.03 Å². The number of hydrogen-bond acceptors (Lipinski definition) is 2. The molecule has 0 fully saturated rings. The van der Waals surface area contributed by atoms with E-state index in [9.17, 15) is 4.79 Å². The Morgan fingerprint density at radius 1 is 0.917 bits per heavy atom. The van der Waals surface area contributed by atoms with Crippen LogP contribution in [0.4, 0.5) is 4.79 Å². The molecule has 120 valence electrons. The lowest BCUT2D eigenvalue weighted by Crippen LogP contribution is -2.40. The van der Waals surface area contributed by atoms with Crippen LogP contribution in [0.25, 0.3) is 10.8 Å². The molecule has 0 aliphatic heterocycles. The summed E-state index contributed by atoms with van der Waals surface area (Å²) < 4.78 is 0. The average molecular weight is 334 g/mol. The molecule has 0 aliphatic carbocycles. The van der Waals surface area contributed by atoms with E-state index in [0.717, 1.165) is 21.9 Å². The van der Waals surface area contributed by atoms with Crippen LogP contribution in [0.2, 0.25) is 0 Å². The summed E-state index contributed by atoms with van der Waals surface area (Å²) in [4.78, 5) is 12.7. The van der Waals surface area contributed by atoms with Crippen LogP contribution in [-0.4, -0.2) is 11.0 Å². The first-order valence-corrected chi connectivity index (χ1v) is 8.20. The Kier molecular flexibility index (Phi) is 4.87. The van der Waals surface area contributed by atoms with Gasteiger partial charge in [0.1, 0.15) is 4.99 Å².